The van der Waals surface area contributed by atoms with Gasteiger partial charge in [0.2, 0.25) is 0 Å². The van der Waals surface area contributed by atoms with Crippen molar-refractivity contribution in [3.63, 3.8) is 0 Å². The Morgan fingerprint density at radius 3 is 2.42 bits per heavy atom. The number of hydrogen-bond acceptors (Lipinski definition) is 2. The third kappa shape index (κ3) is 4.13. The number of likely N-dealkylation sites (tertiary alicyclic amines) is 1. The molecule has 0 aliphatic carbocycles. The van der Waals surface area contributed by atoms with Crippen molar-refractivity contribution in [3.05, 3.63) is 24.9 Å². The van der Waals surface area contributed by atoms with Gasteiger partial charge in [0.1, 0.15) is 6.34 Å². The highest BCUT2D eigenvalue weighted by atomic mass is 15.2. The first kappa shape index (κ1) is 15.8. The van der Waals surface area contributed by atoms with Crippen molar-refractivity contribution < 1.29 is 0 Å². The molecule has 0 unspecified atom stereocenters. The molecule has 0 spiro atoms. The van der Waals surface area contributed by atoms with E-state index >= 15 is 0 Å². The lowest BCUT2D eigenvalue weighted by Crippen LogP contribution is -2.45. The van der Waals surface area contributed by atoms with Crippen LogP contribution in [0.1, 0.15) is 46.5 Å². The quantitative estimate of drug-likeness (QED) is 0.505. The van der Waals surface area contributed by atoms with Crippen molar-refractivity contribution >= 4 is 12.1 Å². The maximum atomic E-state index is 4.39. The predicted octanol–water partition coefficient (Wildman–Crippen LogP) is 3.83. The van der Waals surface area contributed by atoms with Crippen molar-refractivity contribution in [2.45, 2.75) is 52.0 Å². The van der Waals surface area contributed by atoms with Gasteiger partial charge in [-0.05, 0) is 25.3 Å². The van der Waals surface area contributed by atoms with E-state index in [-0.39, 0.29) is 5.54 Å². The Morgan fingerprint density at radius 1 is 1.26 bits per heavy atom. The first-order chi connectivity index (χ1) is 9.07. The van der Waals surface area contributed by atoms with Gasteiger partial charge < -0.3 is 0 Å². The molecule has 3 heteroatoms. The van der Waals surface area contributed by atoms with E-state index in [0.717, 1.165) is 24.4 Å². The highest BCUT2D eigenvalue weighted by molar-refractivity contribution is 6.06. The van der Waals surface area contributed by atoms with E-state index in [4.69, 9.17) is 0 Å². The maximum absolute atomic E-state index is 4.39. The third-order valence-electron chi connectivity index (χ3n) is 3.86. The SMILES string of the molecule is C=C/N=C\N=C1\CN(C(C)(CCC)CCC)CC1=C. The molecule has 0 bridgehead atoms. The predicted molar refractivity (Wildman–Crippen MR) is 85.1 cm³/mol. The number of hydrogen-bond donors (Lipinski definition) is 0. The molecule has 1 aliphatic heterocycles. The minimum atomic E-state index is 0.263. The van der Waals surface area contributed by atoms with Gasteiger partial charge in [-0.15, -0.1) is 0 Å². The standard InChI is InChI=1S/C16H27N3/c1-6-9-16(5,10-7-2)19-11-14(4)15(12-19)18-13-17-8-3/h8,13H,3-4,6-7,9-12H2,1-2,5H3/b17-13-,18-15-. The van der Waals surface area contributed by atoms with Gasteiger partial charge in [0.25, 0.3) is 0 Å². The Balaban J connectivity index is 2.81. The fourth-order valence-electron chi connectivity index (χ4n) is 2.85. The average molecular weight is 261 g/mol. The molecule has 0 saturated carbocycles. The molecule has 0 amide bonds. The summed E-state index contributed by atoms with van der Waals surface area (Å²) in [5.74, 6) is 0. The summed E-state index contributed by atoms with van der Waals surface area (Å²) in [6.45, 7) is 16.4. The molecule has 0 aromatic rings. The van der Waals surface area contributed by atoms with Crippen LogP contribution in [0, 0.1) is 0 Å². The zero-order valence-corrected chi connectivity index (χ0v) is 12.7. The summed E-state index contributed by atoms with van der Waals surface area (Å²) in [7, 11) is 0. The normalized spacial score (nSPS) is 19.7. The van der Waals surface area contributed by atoms with E-state index in [1.165, 1.54) is 31.9 Å². The zero-order valence-electron chi connectivity index (χ0n) is 12.7. The molecule has 1 aliphatic rings. The van der Waals surface area contributed by atoms with E-state index in [1.54, 1.807) is 6.34 Å². The largest absolute Gasteiger partial charge is 0.288 e. The lowest BCUT2D eigenvalue weighted by molar-refractivity contribution is 0.123. The van der Waals surface area contributed by atoms with Crippen LogP contribution in [0.15, 0.2) is 34.9 Å². The molecule has 1 fully saturated rings. The van der Waals surface area contributed by atoms with E-state index < -0.39 is 0 Å². The fraction of sp³-hybridized carbons (Fsp3) is 0.625. The molecule has 19 heavy (non-hydrogen) atoms. The second-order valence-electron chi connectivity index (χ2n) is 5.48. The van der Waals surface area contributed by atoms with Crippen LogP contribution in [0.3, 0.4) is 0 Å². The van der Waals surface area contributed by atoms with Gasteiger partial charge in [0, 0.05) is 24.8 Å². The van der Waals surface area contributed by atoms with Gasteiger partial charge in [-0.3, -0.25) is 4.90 Å². The Hall–Kier alpha value is -1.22. The van der Waals surface area contributed by atoms with Gasteiger partial charge in [-0.2, -0.15) is 0 Å². The zero-order chi connectivity index (χ0) is 14.3. The molecular formula is C16H27N3. The Bertz CT molecular complexity index is 373. The van der Waals surface area contributed by atoms with Crippen LogP contribution < -0.4 is 0 Å². The van der Waals surface area contributed by atoms with E-state index in [1.807, 2.05) is 0 Å². The van der Waals surface area contributed by atoms with Crippen LogP contribution in [0.5, 0.6) is 0 Å². The minimum absolute atomic E-state index is 0.263. The summed E-state index contributed by atoms with van der Waals surface area (Å²) in [6, 6.07) is 0. The Kier molecular flexibility index (Phi) is 6.16. The summed E-state index contributed by atoms with van der Waals surface area (Å²) in [6.07, 6.45) is 7.93. The molecule has 0 N–H and O–H groups in total. The molecule has 0 aromatic carbocycles. The van der Waals surface area contributed by atoms with E-state index in [0.29, 0.717) is 0 Å². The van der Waals surface area contributed by atoms with Crippen molar-refractivity contribution in [1.29, 1.82) is 0 Å². The summed E-state index contributed by atoms with van der Waals surface area (Å²) < 4.78 is 0. The summed E-state index contributed by atoms with van der Waals surface area (Å²) >= 11 is 0. The molecular weight excluding hydrogens is 234 g/mol. The number of rotatable bonds is 7. The van der Waals surface area contributed by atoms with Crippen LogP contribution >= 0.6 is 0 Å². The van der Waals surface area contributed by atoms with Crippen LogP contribution in [0.25, 0.3) is 0 Å². The monoisotopic (exact) mass is 261 g/mol. The minimum Gasteiger partial charge on any atom is -0.288 e. The summed E-state index contributed by atoms with van der Waals surface area (Å²) in [4.78, 5) is 10.8. The molecule has 1 heterocycles. The molecule has 3 nitrogen and oxygen atoms in total. The molecule has 1 rings (SSSR count). The molecule has 0 radical (unpaired) electrons. The summed E-state index contributed by atoms with van der Waals surface area (Å²) in [5, 5.41) is 0. The van der Waals surface area contributed by atoms with Gasteiger partial charge in [-0.1, -0.05) is 39.8 Å². The maximum Gasteiger partial charge on any atom is 0.115 e. The van der Waals surface area contributed by atoms with Crippen molar-refractivity contribution in [1.82, 2.24) is 4.90 Å². The second-order valence-corrected chi connectivity index (χ2v) is 5.48. The molecule has 106 valence electrons. The molecule has 0 atom stereocenters. The Morgan fingerprint density at radius 2 is 1.89 bits per heavy atom. The lowest BCUT2D eigenvalue weighted by atomic mass is 9.89. The van der Waals surface area contributed by atoms with Gasteiger partial charge in [0.15, 0.2) is 0 Å². The second kappa shape index (κ2) is 7.39. The van der Waals surface area contributed by atoms with Gasteiger partial charge >= 0.3 is 0 Å². The van der Waals surface area contributed by atoms with Crippen LogP contribution in [0.2, 0.25) is 0 Å². The number of aliphatic imine (C=N–C) groups is 2. The first-order valence-corrected chi connectivity index (χ1v) is 7.19. The van der Waals surface area contributed by atoms with Crippen molar-refractivity contribution in [2.24, 2.45) is 9.98 Å². The van der Waals surface area contributed by atoms with Gasteiger partial charge in [0.05, 0.1) is 5.71 Å². The van der Waals surface area contributed by atoms with Crippen LogP contribution in [-0.4, -0.2) is 35.6 Å². The van der Waals surface area contributed by atoms with Crippen LogP contribution in [0.4, 0.5) is 0 Å². The molecule has 0 aromatic heterocycles. The smallest absolute Gasteiger partial charge is 0.115 e. The first-order valence-electron chi connectivity index (χ1n) is 7.19. The molecule has 1 saturated heterocycles. The fourth-order valence-corrected chi connectivity index (χ4v) is 2.85. The Labute approximate surface area is 117 Å². The van der Waals surface area contributed by atoms with Crippen molar-refractivity contribution in [2.75, 3.05) is 13.1 Å². The average Bonchev–Trinajstić information content (AvgIpc) is 2.73. The van der Waals surface area contributed by atoms with Gasteiger partial charge in [-0.25, -0.2) is 9.98 Å². The number of nitrogens with zero attached hydrogens (tertiary/aromatic N) is 3. The highest BCUT2D eigenvalue weighted by Crippen LogP contribution is 2.30. The topological polar surface area (TPSA) is 28.0 Å². The highest BCUT2D eigenvalue weighted by Gasteiger charge is 2.35. The van der Waals surface area contributed by atoms with Crippen LogP contribution in [-0.2, 0) is 0 Å². The lowest BCUT2D eigenvalue weighted by Gasteiger charge is -2.38. The summed E-state index contributed by atoms with van der Waals surface area (Å²) in [5.41, 5.74) is 2.44. The van der Waals surface area contributed by atoms with Crippen molar-refractivity contribution in [3.8, 4) is 0 Å². The van der Waals surface area contributed by atoms with E-state index in [2.05, 4.69) is 48.8 Å². The van der Waals surface area contributed by atoms with E-state index in [9.17, 15) is 0 Å². The third-order valence-corrected chi connectivity index (χ3v) is 3.86.